The van der Waals surface area contributed by atoms with Gasteiger partial charge in [-0.1, -0.05) is 24.3 Å². The maximum Gasteiger partial charge on any atom is 0.0546 e. The molecule has 3 heteroatoms. The van der Waals surface area contributed by atoms with Crippen LogP contribution in [0.5, 0.6) is 0 Å². The van der Waals surface area contributed by atoms with E-state index in [4.69, 9.17) is 10.5 Å². The molecule has 2 N–H and O–H groups in total. The van der Waals surface area contributed by atoms with Crippen molar-refractivity contribution in [1.29, 1.82) is 0 Å². The maximum absolute atomic E-state index is 6.00. The van der Waals surface area contributed by atoms with Crippen LogP contribution in [-0.2, 0) is 11.3 Å². The lowest BCUT2D eigenvalue weighted by Crippen LogP contribution is -2.46. The van der Waals surface area contributed by atoms with Crippen molar-refractivity contribution in [2.45, 2.75) is 26.3 Å². The van der Waals surface area contributed by atoms with Crippen LogP contribution in [0.3, 0.4) is 0 Å². The van der Waals surface area contributed by atoms with Gasteiger partial charge in [0.05, 0.1) is 6.61 Å². The van der Waals surface area contributed by atoms with Crippen molar-refractivity contribution < 1.29 is 4.74 Å². The van der Waals surface area contributed by atoms with Crippen LogP contribution in [0.2, 0.25) is 0 Å². The van der Waals surface area contributed by atoms with E-state index in [1.807, 2.05) is 0 Å². The van der Waals surface area contributed by atoms with Gasteiger partial charge in [-0.3, -0.25) is 0 Å². The molecule has 0 aliphatic carbocycles. The third-order valence-corrected chi connectivity index (χ3v) is 4.14. The molecule has 0 saturated carbocycles. The summed E-state index contributed by atoms with van der Waals surface area (Å²) in [5.41, 5.74) is 8.91. The number of hydrogen-bond acceptors (Lipinski definition) is 3. The summed E-state index contributed by atoms with van der Waals surface area (Å²) in [6, 6.07) is 8.58. The molecule has 2 rings (SSSR count). The topological polar surface area (TPSA) is 38.5 Å². The van der Waals surface area contributed by atoms with Crippen molar-refractivity contribution in [3.05, 3.63) is 35.4 Å². The second-order valence-electron chi connectivity index (χ2n) is 5.96. The summed E-state index contributed by atoms with van der Waals surface area (Å²) in [4.78, 5) is 2.38. The van der Waals surface area contributed by atoms with E-state index in [2.05, 4.69) is 43.1 Å². The molecule has 1 atom stereocenters. The van der Waals surface area contributed by atoms with Gasteiger partial charge in [0.2, 0.25) is 0 Å². The summed E-state index contributed by atoms with van der Waals surface area (Å²) >= 11 is 0. The molecule has 1 fully saturated rings. The molecular weight excluding hydrogens is 236 g/mol. The lowest BCUT2D eigenvalue weighted by atomic mass is 9.82. The molecule has 19 heavy (non-hydrogen) atoms. The van der Waals surface area contributed by atoms with Gasteiger partial charge in [0.15, 0.2) is 0 Å². The quantitative estimate of drug-likeness (QED) is 0.884. The zero-order chi connectivity index (χ0) is 13.7. The number of aryl methyl sites for hydroxylation is 1. The van der Waals surface area contributed by atoms with Gasteiger partial charge in [0.1, 0.15) is 0 Å². The minimum absolute atomic E-state index is 0.148. The van der Waals surface area contributed by atoms with E-state index < -0.39 is 0 Å². The molecule has 1 unspecified atom stereocenters. The van der Waals surface area contributed by atoms with E-state index in [9.17, 15) is 0 Å². The number of rotatable bonds is 5. The van der Waals surface area contributed by atoms with Crippen molar-refractivity contribution in [3.63, 3.8) is 0 Å². The van der Waals surface area contributed by atoms with Crippen LogP contribution >= 0.6 is 0 Å². The van der Waals surface area contributed by atoms with Gasteiger partial charge in [-0.05, 0) is 37.9 Å². The van der Waals surface area contributed by atoms with Crippen LogP contribution in [-0.4, -0.2) is 38.3 Å². The third kappa shape index (κ3) is 3.78. The summed E-state index contributed by atoms with van der Waals surface area (Å²) in [6.07, 6.45) is 2.32. The number of benzene rings is 1. The highest BCUT2D eigenvalue weighted by atomic mass is 16.5. The molecule has 0 radical (unpaired) electrons. The van der Waals surface area contributed by atoms with Crippen LogP contribution in [0.25, 0.3) is 0 Å². The highest BCUT2D eigenvalue weighted by Crippen LogP contribution is 2.28. The lowest BCUT2D eigenvalue weighted by molar-refractivity contribution is -0.0192. The summed E-state index contributed by atoms with van der Waals surface area (Å²) in [6.45, 7) is 6.58. The molecule has 1 aliphatic rings. The van der Waals surface area contributed by atoms with E-state index in [1.54, 1.807) is 0 Å². The molecule has 0 spiro atoms. The Morgan fingerprint density at radius 3 is 2.79 bits per heavy atom. The van der Waals surface area contributed by atoms with Crippen LogP contribution in [0.1, 0.15) is 24.0 Å². The first-order chi connectivity index (χ1) is 9.15. The Labute approximate surface area is 116 Å². The Hall–Kier alpha value is -0.900. The second-order valence-corrected chi connectivity index (χ2v) is 5.96. The number of nitrogens with zero attached hydrogens (tertiary/aromatic N) is 1. The predicted molar refractivity (Wildman–Crippen MR) is 79.1 cm³/mol. The number of ether oxygens (including phenoxy) is 1. The standard InChI is InChI=1S/C16H26N2O/c1-14-6-3-4-7-15(14)10-18(2)12-16(11-17)8-5-9-19-13-16/h3-4,6-7H,5,8-13,17H2,1-2H3. The molecule has 0 aromatic heterocycles. The van der Waals surface area contributed by atoms with Crippen molar-refractivity contribution >= 4 is 0 Å². The molecule has 1 aliphatic heterocycles. The van der Waals surface area contributed by atoms with Crippen molar-refractivity contribution in [2.75, 3.05) is 33.4 Å². The Kier molecular flexibility index (Phi) is 4.97. The summed E-state index contributed by atoms with van der Waals surface area (Å²) in [5, 5.41) is 0. The highest BCUT2D eigenvalue weighted by molar-refractivity contribution is 5.25. The van der Waals surface area contributed by atoms with Gasteiger partial charge in [0, 0.05) is 31.7 Å². The Morgan fingerprint density at radius 2 is 2.16 bits per heavy atom. The van der Waals surface area contributed by atoms with E-state index in [-0.39, 0.29) is 5.41 Å². The molecule has 106 valence electrons. The Morgan fingerprint density at radius 1 is 1.37 bits per heavy atom. The lowest BCUT2D eigenvalue weighted by Gasteiger charge is -2.39. The maximum atomic E-state index is 6.00. The van der Waals surface area contributed by atoms with E-state index in [0.717, 1.165) is 32.7 Å². The molecule has 1 heterocycles. The normalized spacial score (nSPS) is 23.8. The first-order valence-electron chi connectivity index (χ1n) is 7.16. The molecule has 3 nitrogen and oxygen atoms in total. The van der Waals surface area contributed by atoms with Gasteiger partial charge in [-0.25, -0.2) is 0 Å². The van der Waals surface area contributed by atoms with Crippen LogP contribution in [0, 0.1) is 12.3 Å². The molecule has 0 amide bonds. The minimum Gasteiger partial charge on any atom is -0.381 e. The van der Waals surface area contributed by atoms with Gasteiger partial charge in [0.25, 0.3) is 0 Å². The highest BCUT2D eigenvalue weighted by Gasteiger charge is 2.32. The third-order valence-electron chi connectivity index (χ3n) is 4.14. The fourth-order valence-corrected chi connectivity index (χ4v) is 2.97. The van der Waals surface area contributed by atoms with Crippen molar-refractivity contribution in [1.82, 2.24) is 4.90 Å². The smallest absolute Gasteiger partial charge is 0.0546 e. The largest absolute Gasteiger partial charge is 0.381 e. The number of hydrogen-bond donors (Lipinski definition) is 1. The van der Waals surface area contributed by atoms with Crippen LogP contribution in [0.4, 0.5) is 0 Å². The summed E-state index contributed by atoms with van der Waals surface area (Å²) in [7, 11) is 2.18. The average Bonchev–Trinajstić information content (AvgIpc) is 2.42. The van der Waals surface area contributed by atoms with Gasteiger partial charge >= 0.3 is 0 Å². The summed E-state index contributed by atoms with van der Waals surface area (Å²) in [5.74, 6) is 0. The zero-order valence-electron chi connectivity index (χ0n) is 12.2. The molecular formula is C16H26N2O. The van der Waals surface area contributed by atoms with Gasteiger partial charge in [-0.15, -0.1) is 0 Å². The van der Waals surface area contributed by atoms with E-state index in [0.29, 0.717) is 6.54 Å². The van der Waals surface area contributed by atoms with Crippen LogP contribution in [0.15, 0.2) is 24.3 Å². The first-order valence-corrected chi connectivity index (χ1v) is 7.16. The molecule has 1 aromatic rings. The van der Waals surface area contributed by atoms with Gasteiger partial charge < -0.3 is 15.4 Å². The Balaban J connectivity index is 1.96. The van der Waals surface area contributed by atoms with Crippen molar-refractivity contribution in [2.24, 2.45) is 11.1 Å². The van der Waals surface area contributed by atoms with E-state index >= 15 is 0 Å². The average molecular weight is 262 g/mol. The number of nitrogens with two attached hydrogens (primary N) is 1. The SMILES string of the molecule is Cc1ccccc1CN(C)CC1(CN)CCCOC1. The molecule has 1 aromatic carbocycles. The minimum atomic E-state index is 0.148. The predicted octanol–water partition coefficient (Wildman–Crippen LogP) is 2.18. The van der Waals surface area contributed by atoms with E-state index in [1.165, 1.54) is 17.5 Å². The monoisotopic (exact) mass is 262 g/mol. The molecule has 0 bridgehead atoms. The Bertz CT molecular complexity index is 399. The fourth-order valence-electron chi connectivity index (χ4n) is 2.97. The summed E-state index contributed by atoms with van der Waals surface area (Å²) < 4.78 is 5.64. The van der Waals surface area contributed by atoms with Crippen molar-refractivity contribution in [3.8, 4) is 0 Å². The van der Waals surface area contributed by atoms with Gasteiger partial charge in [-0.2, -0.15) is 0 Å². The zero-order valence-corrected chi connectivity index (χ0v) is 12.2. The first kappa shape index (κ1) is 14.5. The van der Waals surface area contributed by atoms with Crippen LogP contribution < -0.4 is 5.73 Å². The second kappa shape index (κ2) is 6.51. The molecule has 1 saturated heterocycles. The fraction of sp³-hybridized carbons (Fsp3) is 0.625.